The van der Waals surface area contributed by atoms with Crippen molar-refractivity contribution in [1.29, 1.82) is 0 Å². The monoisotopic (exact) mass is 268 g/mol. The van der Waals surface area contributed by atoms with Crippen LogP contribution in [0.1, 0.15) is 32.3 Å². The first kappa shape index (κ1) is 14.9. The molecule has 0 amide bonds. The predicted molar refractivity (Wildman–Crippen MR) is 72.3 cm³/mol. The molecule has 0 aliphatic rings. The van der Waals surface area contributed by atoms with Crippen molar-refractivity contribution in [2.45, 2.75) is 38.0 Å². The van der Waals surface area contributed by atoms with E-state index in [1.54, 1.807) is 18.2 Å². The highest BCUT2D eigenvalue weighted by Gasteiger charge is 2.09. The summed E-state index contributed by atoms with van der Waals surface area (Å²) < 4.78 is 22.8. The van der Waals surface area contributed by atoms with Crippen LogP contribution >= 0.6 is 0 Å². The summed E-state index contributed by atoms with van der Waals surface area (Å²) in [7, 11) is -3.15. The standard InChI is InChI=1S/C14H20O3S/c1-11(2)14(15)9-5-7-12-6-4-8-13(10-12)18(3,16)17/h4,6,8,10-11H,5,7,9H2,1-3H3. The molecule has 0 aliphatic carbocycles. The zero-order valence-electron chi connectivity index (χ0n) is 11.1. The second-order valence-corrected chi connectivity index (χ2v) is 6.91. The Balaban J connectivity index is 2.62. The highest BCUT2D eigenvalue weighted by Crippen LogP contribution is 2.14. The molecule has 1 aromatic rings. The third-order valence-corrected chi connectivity index (χ3v) is 3.97. The Labute approximate surface area is 109 Å². The van der Waals surface area contributed by atoms with Gasteiger partial charge in [0.05, 0.1) is 4.90 Å². The van der Waals surface area contributed by atoms with Crippen molar-refractivity contribution >= 4 is 15.6 Å². The van der Waals surface area contributed by atoms with Gasteiger partial charge in [0.2, 0.25) is 0 Å². The SMILES string of the molecule is CC(C)C(=O)CCCc1cccc(S(C)(=O)=O)c1. The van der Waals surface area contributed by atoms with Crippen LogP contribution in [0.2, 0.25) is 0 Å². The molecule has 0 atom stereocenters. The first-order chi connectivity index (χ1) is 8.30. The average Bonchev–Trinajstić information content (AvgIpc) is 2.28. The molecule has 1 rings (SSSR count). The number of sulfone groups is 1. The van der Waals surface area contributed by atoms with Crippen LogP contribution in [0, 0.1) is 5.92 Å². The fourth-order valence-corrected chi connectivity index (χ4v) is 2.38. The van der Waals surface area contributed by atoms with Gasteiger partial charge in [-0.15, -0.1) is 0 Å². The maximum Gasteiger partial charge on any atom is 0.175 e. The number of carbonyl (C=O) groups excluding carboxylic acids is 1. The van der Waals surface area contributed by atoms with Gasteiger partial charge in [-0.3, -0.25) is 4.79 Å². The minimum absolute atomic E-state index is 0.0763. The average molecular weight is 268 g/mol. The van der Waals surface area contributed by atoms with E-state index in [-0.39, 0.29) is 11.7 Å². The number of Topliss-reactive ketones (excluding diaryl/α,β-unsaturated/α-hetero) is 1. The van der Waals surface area contributed by atoms with Gasteiger partial charge in [0, 0.05) is 18.6 Å². The molecule has 0 aliphatic heterocycles. The predicted octanol–water partition coefficient (Wildman–Crippen LogP) is 2.64. The van der Waals surface area contributed by atoms with E-state index in [2.05, 4.69) is 0 Å². The number of benzene rings is 1. The van der Waals surface area contributed by atoms with E-state index in [9.17, 15) is 13.2 Å². The maximum atomic E-state index is 11.5. The molecule has 0 fully saturated rings. The van der Waals surface area contributed by atoms with E-state index >= 15 is 0 Å². The van der Waals surface area contributed by atoms with Gasteiger partial charge >= 0.3 is 0 Å². The Morgan fingerprint density at radius 2 is 1.94 bits per heavy atom. The van der Waals surface area contributed by atoms with Crippen LogP contribution in [0.25, 0.3) is 0 Å². The molecule has 0 radical (unpaired) electrons. The summed E-state index contributed by atoms with van der Waals surface area (Å²) in [4.78, 5) is 11.8. The van der Waals surface area contributed by atoms with Gasteiger partial charge in [-0.2, -0.15) is 0 Å². The van der Waals surface area contributed by atoms with Crippen molar-refractivity contribution < 1.29 is 13.2 Å². The summed E-state index contributed by atoms with van der Waals surface area (Å²) in [6, 6.07) is 6.93. The van der Waals surface area contributed by atoms with Crippen LogP contribution in [0.15, 0.2) is 29.2 Å². The molecule has 18 heavy (non-hydrogen) atoms. The van der Waals surface area contributed by atoms with Crippen molar-refractivity contribution in [1.82, 2.24) is 0 Å². The summed E-state index contributed by atoms with van der Waals surface area (Å²) >= 11 is 0. The summed E-state index contributed by atoms with van der Waals surface area (Å²) in [5.74, 6) is 0.335. The maximum absolute atomic E-state index is 11.5. The highest BCUT2D eigenvalue weighted by molar-refractivity contribution is 7.90. The zero-order chi connectivity index (χ0) is 13.8. The third kappa shape index (κ3) is 4.61. The molecule has 100 valence electrons. The Morgan fingerprint density at radius 3 is 2.50 bits per heavy atom. The molecule has 0 heterocycles. The van der Waals surface area contributed by atoms with Gasteiger partial charge in [-0.25, -0.2) is 8.42 Å². The van der Waals surface area contributed by atoms with Gasteiger partial charge < -0.3 is 0 Å². The number of ketones is 1. The quantitative estimate of drug-likeness (QED) is 0.797. The highest BCUT2D eigenvalue weighted by atomic mass is 32.2. The van der Waals surface area contributed by atoms with E-state index in [4.69, 9.17) is 0 Å². The van der Waals surface area contributed by atoms with Crippen LogP contribution < -0.4 is 0 Å². The lowest BCUT2D eigenvalue weighted by atomic mass is 10.0. The van der Waals surface area contributed by atoms with E-state index in [1.807, 2.05) is 19.9 Å². The number of aryl methyl sites for hydroxylation is 1. The van der Waals surface area contributed by atoms with Gasteiger partial charge in [0.25, 0.3) is 0 Å². The van der Waals surface area contributed by atoms with Gasteiger partial charge in [-0.05, 0) is 30.5 Å². The molecule has 1 aromatic carbocycles. The van der Waals surface area contributed by atoms with Crippen LogP contribution in [0.3, 0.4) is 0 Å². The van der Waals surface area contributed by atoms with E-state index < -0.39 is 9.84 Å². The minimum Gasteiger partial charge on any atom is -0.299 e. The fraction of sp³-hybridized carbons (Fsp3) is 0.500. The van der Waals surface area contributed by atoms with E-state index in [0.717, 1.165) is 18.4 Å². The summed E-state index contributed by atoms with van der Waals surface area (Å²) in [6.07, 6.45) is 3.27. The third-order valence-electron chi connectivity index (χ3n) is 2.86. The lowest BCUT2D eigenvalue weighted by Crippen LogP contribution is -2.07. The normalized spacial score (nSPS) is 11.8. The molecule has 0 unspecified atom stereocenters. The van der Waals surface area contributed by atoms with Gasteiger partial charge in [0.15, 0.2) is 9.84 Å². The second kappa shape index (κ2) is 6.14. The fourth-order valence-electron chi connectivity index (χ4n) is 1.69. The molecule has 3 nitrogen and oxygen atoms in total. The Kier molecular flexibility index (Phi) is 5.08. The first-order valence-electron chi connectivity index (χ1n) is 6.12. The number of hydrogen-bond donors (Lipinski definition) is 0. The van der Waals surface area contributed by atoms with Crippen molar-refractivity contribution in [3.05, 3.63) is 29.8 Å². The van der Waals surface area contributed by atoms with Crippen molar-refractivity contribution in [3.8, 4) is 0 Å². The van der Waals surface area contributed by atoms with Gasteiger partial charge in [-0.1, -0.05) is 26.0 Å². The Bertz CT molecular complexity index is 516. The van der Waals surface area contributed by atoms with Crippen LogP contribution in [-0.4, -0.2) is 20.5 Å². The number of carbonyl (C=O) groups is 1. The van der Waals surface area contributed by atoms with Crippen molar-refractivity contribution in [2.24, 2.45) is 5.92 Å². The minimum atomic E-state index is -3.15. The molecular formula is C14H20O3S. The largest absolute Gasteiger partial charge is 0.299 e. The number of rotatable bonds is 6. The lowest BCUT2D eigenvalue weighted by Gasteiger charge is -2.05. The molecule has 0 aromatic heterocycles. The topological polar surface area (TPSA) is 51.2 Å². The van der Waals surface area contributed by atoms with Crippen molar-refractivity contribution in [3.63, 3.8) is 0 Å². The van der Waals surface area contributed by atoms with E-state index in [0.29, 0.717) is 11.3 Å². The molecule has 0 saturated heterocycles. The molecular weight excluding hydrogens is 248 g/mol. The van der Waals surface area contributed by atoms with Crippen molar-refractivity contribution in [2.75, 3.05) is 6.26 Å². The molecule has 0 saturated carbocycles. The number of hydrogen-bond acceptors (Lipinski definition) is 3. The molecule has 0 bridgehead atoms. The lowest BCUT2D eigenvalue weighted by molar-refractivity contribution is -0.121. The summed E-state index contributed by atoms with van der Waals surface area (Å²) in [6.45, 7) is 3.79. The molecule has 0 spiro atoms. The van der Waals surface area contributed by atoms with Crippen LogP contribution in [0.5, 0.6) is 0 Å². The summed E-state index contributed by atoms with van der Waals surface area (Å²) in [5.41, 5.74) is 0.967. The van der Waals surface area contributed by atoms with Gasteiger partial charge in [0.1, 0.15) is 5.78 Å². The first-order valence-corrected chi connectivity index (χ1v) is 8.01. The second-order valence-electron chi connectivity index (χ2n) is 4.89. The zero-order valence-corrected chi connectivity index (χ0v) is 12.0. The van der Waals surface area contributed by atoms with Crippen LogP contribution in [-0.2, 0) is 21.1 Å². The summed E-state index contributed by atoms with van der Waals surface area (Å²) in [5, 5.41) is 0. The molecule has 4 heteroatoms. The Hall–Kier alpha value is -1.16. The molecule has 0 N–H and O–H groups in total. The van der Waals surface area contributed by atoms with E-state index in [1.165, 1.54) is 6.26 Å². The van der Waals surface area contributed by atoms with Crippen LogP contribution in [0.4, 0.5) is 0 Å². The Morgan fingerprint density at radius 1 is 1.28 bits per heavy atom. The smallest absolute Gasteiger partial charge is 0.175 e.